The maximum atomic E-state index is 12.3. The average Bonchev–Trinajstić information content (AvgIpc) is 2.68. The highest BCUT2D eigenvalue weighted by Gasteiger charge is 2.19. The fraction of sp³-hybridized carbons (Fsp3) is 0.381. The molecule has 0 aromatic heterocycles. The Morgan fingerprint density at radius 3 is 2.48 bits per heavy atom. The van der Waals surface area contributed by atoms with Crippen LogP contribution in [-0.4, -0.2) is 50.9 Å². The number of rotatable bonds is 10. The van der Waals surface area contributed by atoms with Crippen LogP contribution in [0.2, 0.25) is 0 Å². The number of nitrogens with zero attached hydrogens (tertiary/aromatic N) is 1. The smallest absolute Gasteiger partial charge is 0.230 e. The number of amides is 1. The van der Waals surface area contributed by atoms with E-state index in [1.165, 1.54) is 11.8 Å². The van der Waals surface area contributed by atoms with Crippen LogP contribution in [0, 0.1) is 0 Å². The molecule has 0 saturated heterocycles. The molecule has 1 unspecified atom stereocenters. The van der Waals surface area contributed by atoms with Gasteiger partial charge in [-0.25, -0.2) is 0 Å². The largest absolute Gasteiger partial charge is 0.496 e. The highest BCUT2D eigenvalue weighted by molar-refractivity contribution is 8.00. The molecule has 0 aliphatic heterocycles. The van der Waals surface area contributed by atoms with E-state index in [9.17, 15) is 4.79 Å². The van der Waals surface area contributed by atoms with Gasteiger partial charge in [0.2, 0.25) is 5.91 Å². The molecule has 2 aromatic rings. The quantitative estimate of drug-likeness (QED) is 0.630. The normalized spacial score (nSPS) is 11.9. The van der Waals surface area contributed by atoms with Crippen molar-refractivity contribution in [1.82, 2.24) is 10.2 Å². The Morgan fingerprint density at radius 2 is 1.85 bits per heavy atom. The Bertz CT molecular complexity index is 720. The molecule has 0 bridgehead atoms. The predicted molar refractivity (Wildman–Crippen MR) is 111 cm³/mol. The number of benzene rings is 2. The van der Waals surface area contributed by atoms with E-state index < -0.39 is 0 Å². The number of carbonyl (C=O) groups is 1. The Hall–Kier alpha value is -2.18. The van der Waals surface area contributed by atoms with E-state index in [2.05, 4.69) is 10.2 Å². The van der Waals surface area contributed by atoms with Gasteiger partial charge in [-0.1, -0.05) is 18.2 Å². The molecule has 0 aliphatic rings. The fourth-order valence-corrected chi connectivity index (χ4v) is 3.45. The minimum absolute atomic E-state index is 0.00985. The van der Waals surface area contributed by atoms with Gasteiger partial charge in [0.15, 0.2) is 0 Å². The fourth-order valence-electron chi connectivity index (χ4n) is 2.72. The second kappa shape index (κ2) is 10.8. The first-order valence-corrected chi connectivity index (χ1v) is 9.95. The molecule has 0 aliphatic carbocycles. The number of hydrogen-bond acceptors (Lipinski definition) is 5. The third kappa shape index (κ3) is 6.48. The van der Waals surface area contributed by atoms with E-state index in [4.69, 9.17) is 9.47 Å². The molecule has 1 N–H and O–H groups in total. The van der Waals surface area contributed by atoms with Crippen LogP contribution < -0.4 is 14.8 Å². The number of hydrogen-bond donors (Lipinski definition) is 1. The first kappa shape index (κ1) is 21.1. The lowest BCUT2D eigenvalue weighted by Crippen LogP contribution is -2.35. The zero-order chi connectivity index (χ0) is 19.6. The van der Waals surface area contributed by atoms with Crippen LogP contribution in [0.25, 0.3) is 0 Å². The van der Waals surface area contributed by atoms with Crippen LogP contribution in [-0.2, 0) is 4.79 Å². The lowest BCUT2D eigenvalue weighted by atomic mass is 10.0. The highest BCUT2D eigenvalue weighted by Crippen LogP contribution is 2.27. The SMILES string of the molecule is CCOc1ccc(SCC(=O)NCC(c2ccccc2OC)N(C)C)cc1. The monoisotopic (exact) mass is 388 g/mol. The second-order valence-corrected chi connectivity index (χ2v) is 7.27. The summed E-state index contributed by atoms with van der Waals surface area (Å²) in [6, 6.07) is 15.7. The molecule has 0 spiro atoms. The standard InChI is InChI=1S/C21H28N2O3S/c1-5-26-16-10-12-17(13-11-16)27-15-21(24)22-14-19(23(2)3)18-8-6-7-9-20(18)25-4/h6-13,19H,5,14-15H2,1-4H3,(H,22,24). The summed E-state index contributed by atoms with van der Waals surface area (Å²) in [7, 11) is 5.66. The number of carbonyl (C=O) groups excluding carboxylic acids is 1. The van der Waals surface area contributed by atoms with Crippen molar-refractivity contribution in [3.05, 3.63) is 54.1 Å². The third-order valence-electron chi connectivity index (χ3n) is 4.12. The molecule has 0 heterocycles. The summed E-state index contributed by atoms with van der Waals surface area (Å²) < 4.78 is 10.9. The van der Waals surface area contributed by atoms with Crippen molar-refractivity contribution in [2.75, 3.05) is 40.1 Å². The minimum atomic E-state index is 0.00985. The molecule has 0 fully saturated rings. The number of thioether (sulfide) groups is 1. The molecular formula is C21H28N2O3S. The van der Waals surface area contributed by atoms with Gasteiger partial charge < -0.3 is 19.7 Å². The number of methoxy groups -OCH3 is 1. The van der Waals surface area contributed by atoms with Crippen LogP contribution in [0.3, 0.4) is 0 Å². The van der Waals surface area contributed by atoms with E-state index in [0.29, 0.717) is 18.9 Å². The predicted octanol–water partition coefficient (Wildman–Crippen LogP) is 3.61. The highest BCUT2D eigenvalue weighted by atomic mass is 32.2. The summed E-state index contributed by atoms with van der Waals surface area (Å²) in [6.07, 6.45) is 0. The Kier molecular flexibility index (Phi) is 8.48. The van der Waals surface area contributed by atoms with Gasteiger partial charge >= 0.3 is 0 Å². The molecule has 1 atom stereocenters. The van der Waals surface area contributed by atoms with Crippen molar-refractivity contribution in [2.24, 2.45) is 0 Å². The molecule has 1 amide bonds. The van der Waals surface area contributed by atoms with Gasteiger partial charge in [-0.3, -0.25) is 4.79 Å². The topological polar surface area (TPSA) is 50.8 Å². The summed E-state index contributed by atoms with van der Waals surface area (Å²) in [5.41, 5.74) is 1.06. The molecule has 146 valence electrons. The van der Waals surface area contributed by atoms with Gasteiger partial charge in [0, 0.05) is 17.0 Å². The van der Waals surface area contributed by atoms with E-state index in [1.54, 1.807) is 7.11 Å². The van der Waals surface area contributed by atoms with Gasteiger partial charge in [0.1, 0.15) is 11.5 Å². The lowest BCUT2D eigenvalue weighted by Gasteiger charge is -2.26. The summed E-state index contributed by atoms with van der Waals surface area (Å²) in [6.45, 7) is 3.13. The first-order valence-electron chi connectivity index (χ1n) is 8.96. The maximum Gasteiger partial charge on any atom is 0.230 e. The van der Waals surface area contributed by atoms with Gasteiger partial charge in [-0.2, -0.15) is 0 Å². The molecular weight excluding hydrogens is 360 g/mol. The summed E-state index contributed by atoms with van der Waals surface area (Å²) in [5.74, 6) is 2.06. The Morgan fingerprint density at radius 1 is 1.15 bits per heavy atom. The number of ether oxygens (including phenoxy) is 2. The minimum Gasteiger partial charge on any atom is -0.496 e. The Labute approximate surface area is 166 Å². The summed E-state index contributed by atoms with van der Waals surface area (Å²) in [5, 5.41) is 3.03. The second-order valence-electron chi connectivity index (χ2n) is 6.22. The van der Waals surface area contributed by atoms with Crippen LogP contribution in [0.1, 0.15) is 18.5 Å². The van der Waals surface area contributed by atoms with Crippen molar-refractivity contribution >= 4 is 17.7 Å². The van der Waals surface area contributed by atoms with Crippen molar-refractivity contribution in [3.8, 4) is 11.5 Å². The number of nitrogens with one attached hydrogen (secondary N) is 1. The molecule has 6 heteroatoms. The van der Waals surface area contributed by atoms with Gasteiger partial charge in [-0.15, -0.1) is 11.8 Å². The van der Waals surface area contributed by atoms with Crippen molar-refractivity contribution in [1.29, 1.82) is 0 Å². The molecule has 2 rings (SSSR count). The van der Waals surface area contributed by atoms with E-state index in [1.807, 2.05) is 69.6 Å². The average molecular weight is 389 g/mol. The number of likely N-dealkylation sites (N-methyl/N-ethyl adjacent to an activating group) is 1. The molecule has 0 radical (unpaired) electrons. The zero-order valence-corrected chi connectivity index (χ0v) is 17.2. The first-order chi connectivity index (χ1) is 13.0. The van der Waals surface area contributed by atoms with Gasteiger partial charge in [0.25, 0.3) is 0 Å². The molecule has 0 saturated carbocycles. The van der Waals surface area contributed by atoms with Crippen LogP contribution in [0.4, 0.5) is 0 Å². The van der Waals surface area contributed by atoms with E-state index in [0.717, 1.165) is 22.0 Å². The zero-order valence-electron chi connectivity index (χ0n) is 16.4. The Balaban J connectivity index is 1.88. The summed E-state index contributed by atoms with van der Waals surface area (Å²) >= 11 is 1.51. The van der Waals surface area contributed by atoms with Gasteiger partial charge in [-0.05, 0) is 51.4 Å². The maximum absolute atomic E-state index is 12.3. The molecule has 2 aromatic carbocycles. The van der Waals surface area contributed by atoms with Crippen LogP contribution >= 0.6 is 11.8 Å². The van der Waals surface area contributed by atoms with E-state index >= 15 is 0 Å². The van der Waals surface area contributed by atoms with Crippen molar-refractivity contribution in [3.63, 3.8) is 0 Å². The van der Waals surface area contributed by atoms with Crippen LogP contribution in [0.15, 0.2) is 53.4 Å². The molecule has 5 nitrogen and oxygen atoms in total. The van der Waals surface area contributed by atoms with Crippen molar-refractivity contribution in [2.45, 2.75) is 17.9 Å². The summed E-state index contributed by atoms with van der Waals surface area (Å²) in [4.78, 5) is 15.4. The van der Waals surface area contributed by atoms with Gasteiger partial charge in [0.05, 0.1) is 25.5 Å². The van der Waals surface area contributed by atoms with E-state index in [-0.39, 0.29) is 11.9 Å². The van der Waals surface area contributed by atoms with Crippen molar-refractivity contribution < 1.29 is 14.3 Å². The molecule has 27 heavy (non-hydrogen) atoms. The third-order valence-corrected chi connectivity index (χ3v) is 5.13. The number of para-hydroxylation sites is 1. The van der Waals surface area contributed by atoms with Crippen LogP contribution in [0.5, 0.6) is 11.5 Å². The lowest BCUT2D eigenvalue weighted by molar-refractivity contribution is -0.118.